The van der Waals surface area contributed by atoms with Crippen LogP contribution in [0.3, 0.4) is 0 Å². The number of nitrogens with zero attached hydrogens (tertiary/aromatic N) is 1. The minimum atomic E-state index is -0.0522. The highest BCUT2D eigenvalue weighted by Crippen LogP contribution is 2.29. The van der Waals surface area contributed by atoms with E-state index in [9.17, 15) is 0 Å². The number of hydrogen-bond donors (Lipinski definition) is 2. The molecule has 0 saturated carbocycles. The number of ether oxygens (including phenoxy) is 1. The lowest BCUT2D eigenvalue weighted by atomic mass is 9.99. The molecule has 0 aliphatic rings. The molecule has 1 atom stereocenters. The summed E-state index contributed by atoms with van der Waals surface area (Å²) in [6.07, 6.45) is -0.0522. The Kier molecular flexibility index (Phi) is 4.93. The van der Waals surface area contributed by atoms with Gasteiger partial charge in [-0.15, -0.1) is 0 Å². The monoisotopic (exact) mass is 237 g/mol. The van der Waals surface area contributed by atoms with Crippen LogP contribution in [0.25, 0.3) is 0 Å². The third kappa shape index (κ3) is 3.19. The highest BCUT2D eigenvalue weighted by Gasteiger charge is 2.17. The number of benzene rings is 1. The lowest BCUT2D eigenvalue weighted by molar-refractivity contribution is 0.245. The van der Waals surface area contributed by atoms with E-state index in [-0.39, 0.29) is 6.17 Å². The molecule has 0 aliphatic heterocycles. The molecule has 0 saturated heterocycles. The van der Waals surface area contributed by atoms with E-state index in [0.717, 1.165) is 11.3 Å². The van der Waals surface area contributed by atoms with Crippen molar-refractivity contribution >= 4 is 0 Å². The fourth-order valence-corrected chi connectivity index (χ4v) is 1.84. The van der Waals surface area contributed by atoms with Crippen LogP contribution in [0.5, 0.6) is 5.75 Å². The summed E-state index contributed by atoms with van der Waals surface area (Å²) in [6, 6.07) is 6.24. The largest absolute Gasteiger partial charge is 0.496 e. The van der Waals surface area contributed by atoms with Crippen LogP contribution in [-0.2, 0) is 0 Å². The lowest BCUT2D eigenvalue weighted by Gasteiger charge is -2.26. The molecule has 1 unspecified atom stereocenters. The smallest absolute Gasteiger partial charge is 0.125 e. The van der Waals surface area contributed by atoms with Gasteiger partial charge < -0.3 is 4.74 Å². The van der Waals surface area contributed by atoms with Crippen LogP contribution in [0.1, 0.15) is 37.1 Å². The Hall–Kier alpha value is -1.10. The molecular formula is C13H23N3O. The number of hydrogen-bond acceptors (Lipinski definition) is 4. The SMILES string of the molecule is COc1ccc(C(C)C)cc1C(NN)N(C)C. The summed E-state index contributed by atoms with van der Waals surface area (Å²) in [5, 5.41) is 0. The van der Waals surface area contributed by atoms with Crippen molar-refractivity contribution in [3.63, 3.8) is 0 Å². The number of nitrogens with one attached hydrogen (secondary N) is 1. The first-order valence-electron chi connectivity index (χ1n) is 5.81. The third-order valence-electron chi connectivity index (χ3n) is 2.89. The first-order chi connectivity index (χ1) is 8.01. The second kappa shape index (κ2) is 6.00. The van der Waals surface area contributed by atoms with Gasteiger partial charge in [-0.05, 0) is 37.7 Å². The molecular weight excluding hydrogens is 214 g/mol. The van der Waals surface area contributed by atoms with Gasteiger partial charge in [0, 0.05) is 5.56 Å². The second-order valence-corrected chi connectivity index (χ2v) is 4.69. The summed E-state index contributed by atoms with van der Waals surface area (Å²) < 4.78 is 5.39. The molecule has 0 amide bonds. The van der Waals surface area contributed by atoms with Gasteiger partial charge in [-0.1, -0.05) is 19.9 Å². The Morgan fingerprint density at radius 2 is 1.94 bits per heavy atom. The summed E-state index contributed by atoms with van der Waals surface area (Å²) >= 11 is 0. The van der Waals surface area contributed by atoms with Crippen molar-refractivity contribution in [3.05, 3.63) is 29.3 Å². The van der Waals surface area contributed by atoms with E-state index in [1.54, 1.807) is 7.11 Å². The maximum Gasteiger partial charge on any atom is 0.125 e. The van der Waals surface area contributed by atoms with Gasteiger partial charge in [0.1, 0.15) is 11.9 Å². The van der Waals surface area contributed by atoms with Gasteiger partial charge in [-0.2, -0.15) is 0 Å². The average molecular weight is 237 g/mol. The van der Waals surface area contributed by atoms with Crippen molar-refractivity contribution in [2.24, 2.45) is 5.84 Å². The summed E-state index contributed by atoms with van der Waals surface area (Å²) in [5.74, 6) is 6.95. The van der Waals surface area contributed by atoms with Gasteiger partial charge >= 0.3 is 0 Å². The van der Waals surface area contributed by atoms with Gasteiger partial charge in [0.15, 0.2) is 0 Å². The van der Waals surface area contributed by atoms with Crippen molar-refractivity contribution in [2.75, 3.05) is 21.2 Å². The number of methoxy groups -OCH3 is 1. The van der Waals surface area contributed by atoms with Gasteiger partial charge in [-0.3, -0.25) is 10.7 Å². The summed E-state index contributed by atoms with van der Waals surface area (Å²) in [5.41, 5.74) is 5.15. The second-order valence-electron chi connectivity index (χ2n) is 4.69. The Balaban J connectivity index is 3.21. The molecule has 0 aromatic heterocycles. The Bertz CT molecular complexity index is 364. The summed E-state index contributed by atoms with van der Waals surface area (Å²) in [6.45, 7) is 4.35. The maximum absolute atomic E-state index is 5.61. The van der Waals surface area contributed by atoms with E-state index in [2.05, 4.69) is 31.4 Å². The van der Waals surface area contributed by atoms with E-state index in [1.807, 2.05) is 25.1 Å². The molecule has 0 heterocycles. The molecule has 1 aromatic rings. The van der Waals surface area contributed by atoms with Crippen molar-refractivity contribution in [1.82, 2.24) is 10.3 Å². The molecule has 1 rings (SSSR count). The molecule has 0 bridgehead atoms. The Labute approximate surface area is 104 Å². The molecule has 17 heavy (non-hydrogen) atoms. The summed E-state index contributed by atoms with van der Waals surface area (Å²) in [7, 11) is 5.63. The van der Waals surface area contributed by atoms with Crippen molar-refractivity contribution in [3.8, 4) is 5.75 Å². The fraction of sp³-hybridized carbons (Fsp3) is 0.538. The predicted molar refractivity (Wildman–Crippen MR) is 70.8 cm³/mol. The molecule has 4 nitrogen and oxygen atoms in total. The Morgan fingerprint density at radius 1 is 1.29 bits per heavy atom. The topological polar surface area (TPSA) is 50.5 Å². The highest BCUT2D eigenvalue weighted by molar-refractivity contribution is 5.40. The number of rotatable bonds is 5. The zero-order valence-electron chi connectivity index (χ0n) is 11.3. The molecule has 0 spiro atoms. The quantitative estimate of drug-likeness (QED) is 0.466. The van der Waals surface area contributed by atoms with Crippen LogP contribution in [-0.4, -0.2) is 26.1 Å². The van der Waals surface area contributed by atoms with Crippen LogP contribution in [0.15, 0.2) is 18.2 Å². The molecule has 1 aromatic carbocycles. The average Bonchev–Trinajstić information content (AvgIpc) is 2.29. The lowest BCUT2D eigenvalue weighted by Crippen LogP contribution is -2.38. The van der Waals surface area contributed by atoms with E-state index >= 15 is 0 Å². The van der Waals surface area contributed by atoms with E-state index in [0.29, 0.717) is 5.92 Å². The first-order valence-corrected chi connectivity index (χ1v) is 5.81. The van der Waals surface area contributed by atoms with Gasteiger partial charge in [-0.25, -0.2) is 5.43 Å². The minimum absolute atomic E-state index is 0.0522. The van der Waals surface area contributed by atoms with Gasteiger partial charge in [0.05, 0.1) is 7.11 Å². The van der Waals surface area contributed by atoms with Gasteiger partial charge in [0.25, 0.3) is 0 Å². The fourth-order valence-electron chi connectivity index (χ4n) is 1.84. The van der Waals surface area contributed by atoms with Crippen LogP contribution < -0.4 is 16.0 Å². The zero-order valence-corrected chi connectivity index (χ0v) is 11.3. The van der Waals surface area contributed by atoms with Crippen LogP contribution in [0.4, 0.5) is 0 Å². The van der Waals surface area contributed by atoms with Crippen molar-refractivity contribution in [1.29, 1.82) is 0 Å². The van der Waals surface area contributed by atoms with Crippen LogP contribution in [0.2, 0.25) is 0 Å². The van der Waals surface area contributed by atoms with E-state index < -0.39 is 0 Å². The van der Waals surface area contributed by atoms with E-state index in [4.69, 9.17) is 10.6 Å². The van der Waals surface area contributed by atoms with Gasteiger partial charge in [0.2, 0.25) is 0 Å². The third-order valence-corrected chi connectivity index (χ3v) is 2.89. The Morgan fingerprint density at radius 3 is 2.35 bits per heavy atom. The molecule has 0 aliphatic carbocycles. The number of nitrogens with two attached hydrogens (primary N) is 1. The molecule has 0 radical (unpaired) electrons. The van der Waals surface area contributed by atoms with Crippen LogP contribution >= 0.6 is 0 Å². The van der Waals surface area contributed by atoms with Crippen molar-refractivity contribution in [2.45, 2.75) is 25.9 Å². The van der Waals surface area contributed by atoms with E-state index in [1.165, 1.54) is 5.56 Å². The van der Waals surface area contributed by atoms with Crippen molar-refractivity contribution < 1.29 is 4.74 Å². The zero-order chi connectivity index (χ0) is 13.0. The highest BCUT2D eigenvalue weighted by atomic mass is 16.5. The number of hydrazine groups is 1. The molecule has 0 fully saturated rings. The minimum Gasteiger partial charge on any atom is -0.496 e. The van der Waals surface area contributed by atoms with Crippen LogP contribution in [0, 0.1) is 0 Å². The standard InChI is InChI=1S/C13H23N3O/c1-9(2)10-6-7-12(17-5)11(8-10)13(15-14)16(3)4/h6-9,13,15H,14H2,1-5H3. The molecule has 96 valence electrons. The molecule has 3 N–H and O–H groups in total. The predicted octanol–water partition coefficient (Wildman–Crippen LogP) is 1.84. The first kappa shape index (κ1) is 14.0. The maximum atomic E-state index is 5.61. The summed E-state index contributed by atoms with van der Waals surface area (Å²) in [4.78, 5) is 2.02. The normalized spacial score (nSPS) is 13.2. The molecule has 4 heteroatoms.